The van der Waals surface area contributed by atoms with Crippen molar-refractivity contribution >= 4 is 0 Å². The van der Waals surface area contributed by atoms with Crippen molar-refractivity contribution in [1.82, 2.24) is 4.98 Å². The molecule has 106 valence electrons. The molecule has 3 aliphatic rings. The minimum absolute atomic E-state index is 0.385. The van der Waals surface area contributed by atoms with Gasteiger partial charge in [0.05, 0.1) is 5.69 Å². The Bertz CT molecular complexity index is 733. The molecule has 2 saturated carbocycles. The van der Waals surface area contributed by atoms with Crippen LogP contribution in [0.2, 0.25) is 0 Å². The maximum Gasteiger partial charge on any atom is 0.0742 e. The topological polar surface area (TPSA) is 12.9 Å². The summed E-state index contributed by atoms with van der Waals surface area (Å²) in [6.45, 7) is 2.31. The van der Waals surface area contributed by atoms with E-state index >= 15 is 0 Å². The summed E-state index contributed by atoms with van der Waals surface area (Å²) in [5, 5.41) is 0. The highest BCUT2D eigenvalue weighted by Gasteiger charge is 2.62. The third-order valence-corrected chi connectivity index (χ3v) is 6.66. The van der Waals surface area contributed by atoms with E-state index in [1.807, 2.05) is 6.20 Å². The lowest BCUT2D eigenvalue weighted by molar-refractivity contribution is 0.297. The van der Waals surface area contributed by atoms with Crippen molar-refractivity contribution < 1.29 is 0 Å². The molecule has 0 radical (unpaired) electrons. The number of nitrogens with zero attached hydrogens (tertiary/aromatic N) is 1. The number of rotatable bonds is 0. The van der Waals surface area contributed by atoms with Crippen LogP contribution < -0.4 is 0 Å². The number of benzene rings is 1. The van der Waals surface area contributed by atoms with E-state index < -0.39 is 0 Å². The van der Waals surface area contributed by atoms with Crippen LogP contribution in [0.25, 0.3) is 11.3 Å². The summed E-state index contributed by atoms with van der Waals surface area (Å²) in [6, 6.07) is 11.3. The van der Waals surface area contributed by atoms with E-state index in [1.165, 1.54) is 55.3 Å². The SMILES string of the molecule is Cc1cccc2c1C13CCCC1(CCC3)c1cccnc1-2. The van der Waals surface area contributed by atoms with Gasteiger partial charge in [0.25, 0.3) is 0 Å². The number of hydrogen-bond acceptors (Lipinski definition) is 1. The van der Waals surface area contributed by atoms with Crippen LogP contribution in [0.1, 0.15) is 55.2 Å². The van der Waals surface area contributed by atoms with E-state index in [-0.39, 0.29) is 0 Å². The Morgan fingerprint density at radius 3 is 2.48 bits per heavy atom. The van der Waals surface area contributed by atoms with Crippen molar-refractivity contribution in [2.45, 2.75) is 56.3 Å². The summed E-state index contributed by atoms with van der Waals surface area (Å²) in [7, 11) is 0. The van der Waals surface area contributed by atoms with Gasteiger partial charge in [0.2, 0.25) is 0 Å². The average Bonchev–Trinajstić information content (AvgIpc) is 3.04. The van der Waals surface area contributed by atoms with Crippen LogP contribution >= 0.6 is 0 Å². The molecular formula is C20H21N. The number of pyridine rings is 1. The normalized spacial score (nSPS) is 32.2. The Morgan fingerprint density at radius 1 is 0.905 bits per heavy atom. The van der Waals surface area contributed by atoms with Crippen molar-refractivity contribution in [3.63, 3.8) is 0 Å². The van der Waals surface area contributed by atoms with Crippen LogP contribution in [0.3, 0.4) is 0 Å². The summed E-state index contributed by atoms with van der Waals surface area (Å²) in [5.74, 6) is 0. The van der Waals surface area contributed by atoms with E-state index in [1.54, 1.807) is 11.1 Å². The summed E-state index contributed by atoms with van der Waals surface area (Å²) >= 11 is 0. The van der Waals surface area contributed by atoms with Crippen LogP contribution in [0.15, 0.2) is 36.5 Å². The number of aryl methyl sites for hydroxylation is 1. The second kappa shape index (κ2) is 3.76. The zero-order valence-corrected chi connectivity index (χ0v) is 12.7. The van der Waals surface area contributed by atoms with Crippen molar-refractivity contribution in [3.8, 4) is 11.3 Å². The molecule has 0 amide bonds. The fraction of sp³-hybridized carbons (Fsp3) is 0.450. The Morgan fingerprint density at radius 2 is 1.67 bits per heavy atom. The first-order valence-corrected chi connectivity index (χ1v) is 8.35. The Kier molecular flexibility index (Phi) is 2.15. The summed E-state index contributed by atoms with van der Waals surface area (Å²) in [5.41, 5.74) is 8.17. The lowest BCUT2D eigenvalue weighted by Gasteiger charge is -2.48. The summed E-state index contributed by atoms with van der Waals surface area (Å²) in [4.78, 5) is 4.81. The Balaban J connectivity index is 1.97. The predicted molar refractivity (Wildman–Crippen MR) is 85.5 cm³/mol. The molecule has 0 saturated heterocycles. The van der Waals surface area contributed by atoms with E-state index in [4.69, 9.17) is 4.98 Å². The molecule has 0 N–H and O–H groups in total. The maximum absolute atomic E-state index is 4.81. The van der Waals surface area contributed by atoms with Gasteiger partial charge in [0.15, 0.2) is 0 Å². The van der Waals surface area contributed by atoms with Gasteiger partial charge in [0.1, 0.15) is 0 Å². The molecule has 3 aliphatic carbocycles. The molecule has 2 aromatic rings. The first-order chi connectivity index (χ1) is 10.3. The van der Waals surface area contributed by atoms with Gasteiger partial charge in [-0.05, 0) is 55.4 Å². The fourth-order valence-corrected chi connectivity index (χ4v) is 6.11. The molecule has 0 unspecified atom stereocenters. The highest BCUT2D eigenvalue weighted by atomic mass is 14.7. The predicted octanol–water partition coefficient (Wildman–Crippen LogP) is 4.91. The molecule has 1 heteroatoms. The molecule has 0 bridgehead atoms. The highest BCUT2D eigenvalue weighted by molar-refractivity contribution is 5.77. The quantitative estimate of drug-likeness (QED) is 0.665. The van der Waals surface area contributed by atoms with Crippen LogP contribution in [0, 0.1) is 6.92 Å². The van der Waals surface area contributed by atoms with Gasteiger partial charge in [-0.1, -0.05) is 37.1 Å². The van der Waals surface area contributed by atoms with Crippen molar-refractivity contribution in [2.24, 2.45) is 0 Å². The van der Waals surface area contributed by atoms with Gasteiger partial charge in [-0.3, -0.25) is 4.98 Å². The van der Waals surface area contributed by atoms with E-state index in [0.717, 1.165) is 0 Å². The Hall–Kier alpha value is -1.63. The van der Waals surface area contributed by atoms with Crippen molar-refractivity contribution in [3.05, 3.63) is 53.2 Å². The third kappa shape index (κ3) is 1.19. The summed E-state index contributed by atoms with van der Waals surface area (Å²) in [6.07, 6.45) is 10.2. The zero-order chi connectivity index (χ0) is 14.1. The van der Waals surface area contributed by atoms with Gasteiger partial charge in [0, 0.05) is 22.6 Å². The standard InChI is InChI=1S/C20H21N/c1-14-6-2-7-15-17(14)20-11-4-9-19(20,10-5-12-20)16-8-3-13-21-18(15)16/h2-3,6-8,13H,4-5,9-12H2,1H3. The van der Waals surface area contributed by atoms with Gasteiger partial charge in [-0.2, -0.15) is 0 Å². The molecule has 21 heavy (non-hydrogen) atoms. The lowest BCUT2D eigenvalue weighted by Crippen LogP contribution is -2.44. The van der Waals surface area contributed by atoms with Gasteiger partial charge >= 0.3 is 0 Å². The van der Waals surface area contributed by atoms with Crippen molar-refractivity contribution in [2.75, 3.05) is 0 Å². The van der Waals surface area contributed by atoms with Gasteiger partial charge in [-0.25, -0.2) is 0 Å². The number of aromatic nitrogens is 1. The molecule has 1 heterocycles. The minimum Gasteiger partial charge on any atom is -0.256 e. The van der Waals surface area contributed by atoms with Crippen LogP contribution in [0.4, 0.5) is 0 Å². The second-order valence-corrected chi connectivity index (χ2v) is 7.27. The van der Waals surface area contributed by atoms with Crippen LogP contribution in [-0.4, -0.2) is 4.98 Å². The fourth-order valence-electron chi connectivity index (χ4n) is 6.11. The van der Waals surface area contributed by atoms with Gasteiger partial charge in [-0.15, -0.1) is 0 Å². The van der Waals surface area contributed by atoms with Crippen molar-refractivity contribution in [1.29, 1.82) is 0 Å². The molecule has 0 spiro atoms. The minimum atomic E-state index is 0.385. The maximum atomic E-state index is 4.81. The highest BCUT2D eigenvalue weighted by Crippen LogP contribution is 2.69. The van der Waals surface area contributed by atoms with Crippen LogP contribution in [0.5, 0.6) is 0 Å². The average molecular weight is 275 g/mol. The van der Waals surface area contributed by atoms with Crippen LogP contribution in [-0.2, 0) is 10.8 Å². The largest absolute Gasteiger partial charge is 0.256 e. The number of hydrogen-bond donors (Lipinski definition) is 0. The molecule has 0 atom stereocenters. The monoisotopic (exact) mass is 275 g/mol. The molecule has 5 rings (SSSR count). The molecule has 1 nitrogen and oxygen atoms in total. The summed E-state index contributed by atoms with van der Waals surface area (Å²) < 4.78 is 0. The molecule has 1 aromatic heterocycles. The molecule has 1 aromatic carbocycles. The first-order valence-electron chi connectivity index (χ1n) is 8.35. The molecular weight excluding hydrogens is 254 g/mol. The molecule has 2 fully saturated rings. The number of fused-ring (bicyclic) bond motifs is 3. The zero-order valence-electron chi connectivity index (χ0n) is 12.7. The smallest absolute Gasteiger partial charge is 0.0742 e. The Labute approximate surface area is 126 Å². The first kappa shape index (κ1) is 12.0. The lowest BCUT2D eigenvalue weighted by atomic mass is 9.55. The van der Waals surface area contributed by atoms with Gasteiger partial charge < -0.3 is 0 Å². The van der Waals surface area contributed by atoms with E-state index in [9.17, 15) is 0 Å². The van der Waals surface area contributed by atoms with E-state index in [0.29, 0.717) is 10.8 Å². The van der Waals surface area contributed by atoms with E-state index in [2.05, 4.69) is 37.3 Å². The molecule has 0 aliphatic heterocycles. The third-order valence-electron chi connectivity index (χ3n) is 6.66. The second-order valence-electron chi connectivity index (χ2n) is 7.27.